The van der Waals surface area contributed by atoms with Gasteiger partial charge in [0.15, 0.2) is 0 Å². The van der Waals surface area contributed by atoms with E-state index in [1.54, 1.807) is 0 Å². The Morgan fingerprint density at radius 2 is 2.08 bits per heavy atom. The van der Waals surface area contributed by atoms with Crippen molar-refractivity contribution in [1.82, 2.24) is 24.6 Å². The van der Waals surface area contributed by atoms with E-state index >= 15 is 0 Å². The number of aliphatic hydroxyl groups is 1. The van der Waals surface area contributed by atoms with Crippen LogP contribution in [0.2, 0.25) is 0 Å². The van der Waals surface area contributed by atoms with E-state index in [2.05, 4.69) is 45.1 Å². The highest BCUT2D eigenvalue weighted by Crippen LogP contribution is 2.30. The second kappa shape index (κ2) is 7.86. The van der Waals surface area contributed by atoms with Crippen LogP contribution in [-0.2, 0) is 19.6 Å². The fourth-order valence-electron chi connectivity index (χ4n) is 4.47. The fourth-order valence-corrected chi connectivity index (χ4v) is 4.47. The summed E-state index contributed by atoms with van der Waals surface area (Å²) in [6, 6.07) is 6.80. The summed E-state index contributed by atoms with van der Waals surface area (Å²) in [5.41, 5.74) is 3.55. The SMILES string of the molecule is Cc1nn(CCO)cc1CN1C[C@H]2CC[C@@H]1CN(Cc1ccccn1)C2. The van der Waals surface area contributed by atoms with Crippen LogP contribution < -0.4 is 0 Å². The first-order chi connectivity index (χ1) is 12.7. The second-order valence-corrected chi connectivity index (χ2v) is 7.77. The second-order valence-electron chi connectivity index (χ2n) is 7.77. The lowest BCUT2D eigenvalue weighted by Gasteiger charge is -2.36. The van der Waals surface area contributed by atoms with Crippen LogP contribution in [0, 0.1) is 12.8 Å². The van der Waals surface area contributed by atoms with Crippen LogP contribution in [0.3, 0.4) is 0 Å². The Labute approximate surface area is 155 Å². The van der Waals surface area contributed by atoms with Crippen LogP contribution in [-0.4, -0.2) is 62.0 Å². The van der Waals surface area contributed by atoms with Gasteiger partial charge < -0.3 is 5.11 Å². The summed E-state index contributed by atoms with van der Waals surface area (Å²) in [5, 5.41) is 13.7. The summed E-state index contributed by atoms with van der Waals surface area (Å²) in [7, 11) is 0. The van der Waals surface area contributed by atoms with Gasteiger partial charge in [0.05, 0.1) is 24.5 Å². The molecule has 6 heteroatoms. The Balaban J connectivity index is 1.43. The lowest BCUT2D eigenvalue weighted by molar-refractivity contribution is 0.123. The van der Waals surface area contributed by atoms with Crippen LogP contribution in [0.4, 0.5) is 0 Å². The lowest BCUT2D eigenvalue weighted by atomic mass is 9.94. The minimum Gasteiger partial charge on any atom is -0.394 e. The van der Waals surface area contributed by atoms with Crippen molar-refractivity contribution in [2.24, 2.45) is 5.92 Å². The van der Waals surface area contributed by atoms with Crippen LogP contribution in [0.1, 0.15) is 29.8 Å². The molecule has 6 nitrogen and oxygen atoms in total. The summed E-state index contributed by atoms with van der Waals surface area (Å²) in [6.07, 6.45) is 6.62. The summed E-state index contributed by atoms with van der Waals surface area (Å²) >= 11 is 0. The zero-order chi connectivity index (χ0) is 17.9. The molecule has 0 amide bonds. The van der Waals surface area contributed by atoms with E-state index < -0.39 is 0 Å². The third-order valence-corrected chi connectivity index (χ3v) is 5.76. The maximum absolute atomic E-state index is 9.13. The molecule has 0 unspecified atom stereocenters. The van der Waals surface area contributed by atoms with Crippen molar-refractivity contribution in [3.8, 4) is 0 Å². The Morgan fingerprint density at radius 3 is 2.88 bits per heavy atom. The third kappa shape index (κ3) is 3.98. The highest BCUT2D eigenvalue weighted by molar-refractivity contribution is 5.16. The number of piperidine rings is 1. The maximum Gasteiger partial charge on any atom is 0.0641 e. The van der Waals surface area contributed by atoms with Crippen molar-refractivity contribution >= 4 is 0 Å². The summed E-state index contributed by atoms with van der Waals surface area (Å²) in [5.74, 6) is 0.741. The van der Waals surface area contributed by atoms with Gasteiger partial charge in [-0.1, -0.05) is 6.07 Å². The van der Waals surface area contributed by atoms with Crippen LogP contribution >= 0.6 is 0 Å². The monoisotopic (exact) mass is 355 g/mol. The van der Waals surface area contributed by atoms with Crippen LogP contribution in [0.25, 0.3) is 0 Å². The molecule has 0 aliphatic carbocycles. The molecule has 2 atom stereocenters. The molecule has 5 rings (SSSR count). The number of aryl methyl sites for hydroxylation is 1. The van der Waals surface area contributed by atoms with E-state index in [0.717, 1.165) is 31.2 Å². The van der Waals surface area contributed by atoms with Crippen molar-refractivity contribution in [2.75, 3.05) is 26.2 Å². The number of hydrogen-bond acceptors (Lipinski definition) is 5. The van der Waals surface area contributed by atoms with Gasteiger partial charge in [0.1, 0.15) is 0 Å². The molecule has 3 aliphatic heterocycles. The Morgan fingerprint density at radius 1 is 1.15 bits per heavy atom. The molecule has 26 heavy (non-hydrogen) atoms. The van der Waals surface area contributed by atoms with E-state index in [0.29, 0.717) is 12.6 Å². The number of hydrogen-bond donors (Lipinski definition) is 1. The number of pyridine rings is 1. The van der Waals surface area contributed by atoms with Crippen molar-refractivity contribution in [1.29, 1.82) is 0 Å². The minimum absolute atomic E-state index is 0.136. The molecule has 0 radical (unpaired) electrons. The molecule has 3 saturated heterocycles. The Bertz CT molecular complexity index is 716. The molecule has 140 valence electrons. The van der Waals surface area contributed by atoms with Gasteiger partial charge in [-0.05, 0) is 37.8 Å². The first-order valence-electron chi connectivity index (χ1n) is 9.71. The lowest BCUT2D eigenvalue weighted by Crippen LogP contribution is -2.43. The maximum atomic E-state index is 9.13. The molecular weight excluding hydrogens is 326 g/mol. The molecule has 2 aromatic rings. The zero-order valence-corrected chi connectivity index (χ0v) is 15.6. The summed E-state index contributed by atoms with van der Waals surface area (Å²) < 4.78 is 1.87. The van der Waals surface area contributed by atoms with Crippen molar-refractivity contribution < 1.29 is 5.11 Å². The average molecular weight is 355 g/mol. The molecule has 2 bridgehead atoms. The molecule has 1 N–H and O–H groups in total. The quantitative estimate of drug-likeness (QED) is 0.854. The Kier molecular flexibility index (Phi) is 5.33. The summed E-state index contributed by atoms with van der Waals surface area (Å²) in [6.45, 7) is 8.18. The average Bonchev–Trinajstić information content (AvgIpc) is 2.80. The zero-order valence-electron chi connectivity index (χ0n) is 15.6. The summed E-state index contributed by atoms with van der Waals surface area (Å²) in [4.78, 5) is 9.75. The smallest absolute Gasteiger partial charge is 0.0641 e. The third-order valence-electron chi connectivity index (χ3n) is 5.76. The molecule has 0 aromatic carbocycles. The number of fused-ring (bicyclic) bond motifs is 4. The van der Waals surface area contributed by atoms with Crippen molar-refractivity contribution in [3.05, 3.63) is 47.5 Å². The fraction of sp³-hybridized carbons (Fsp3) is 0.600. The number of nitrogens with zero attached hydrogens (tertiary/aromatic N) is 5. The highest BCUT2D eigenvalue weighted by Gasteiger charge is 2.35. The van der Waals surface area contributed by atoms with Gasteiger partial charge in [0.2, 0.25) is 0 Å². The highest BCUT2D eigenvalue weighted by atomic mass is 16.3. The van der Waals surface area contributed by atoms with Gasteiger partial charge in [-0.3, -0.25) is 19.5 Å². The number of rotatable bonds is 6. The predicted molar refractivity (Wildman–Crippen MR) is 100 cm³/mol. The van der Waals surface area contributed by atoms with Gasteiger partial charge in [-0.25, -0.2) is 0 Å². The molecule has 2 aromatic heterocycles. The number of aliphatic hydroxyl groups excluding tert-OH is 1. The molecule has 0 saturated carbocycles. The van der Waals surface area contributed by atoms with E-state index in [9.17, 15) is 0 Å². The van der Waals surface area contributed by atoms with Crippen LogP contribution in [0.15, 0.2) is 30.6 Å². The van der Waals surface area contributed by atoms with Gasteiger partial charge >= 0.3 is 0 Å². The predicted octanol–water partition coefficient (Wildman–Crippen LogP) is 1.68. The van der Waals surface area contributed by atoms with Crippen LogP contribution in [0.5, 0.6) is 0 Å². The molecule has 0 spiro atoms. The minimum atomic E-state index is 0.136. The number of aromatic nitrogens is 3. The molecule has 3 aliphatic rings. The van der Waals surface area contributed by atoms with E-state index in [-0.39, 0.29) is 6.61 Å². The normalized spacial score (nSPS) is 24.1. The van der Waals surface area contributed by atoms with E-state index in [1.165, 1.54) is 37.2 Å². The van der Waals surface area contributed by atoms with Crippen molar-refractivity contribution in [3.63, 3.8) is 0 Å². The van der Waals surface area contributed by atoms with Gasteiger partial charge in [0.25, 0.3) is 0 Å². The first kappa shape index (κ1) is 17.6. The van der Waals surface area contributed by atoms with Gasteiger partial charge in [-0.2, -0.15) is 5.10 Å². The molecule has 3 fully saturated rings. The first-order valence-corrected chi connectivity index (χ1v) is 9.71. The molecular formula is C20H29N5O. The van der Waals surface area contributed by atoms with Gasteiger partial charge in [0, 0.05) is 56.7 Å². The Hall–Kier alpha value is -1.76. The molecule has 5 heterocycles. The topological polar surface area (TPSA) is 57.4 Å². The largest absolute Gasteiger partial charge is 0.394 e. The standard InChI is InChI=1S/C20H29N5O/c1-16-18(13-25(22-16)8-9-26)12-24-11-17-5-6-20(24)15-23(10-17)14-19-4-2-3-7-21-19/h2-4,7,13,17,20,26H,5-6,8-12,14-15H2,1H3/t17-,20+/m0/s1. The van der Waals surface area contributed by atoms with E-state index in [1.807, 2.05) is 16.9 Å². The van der Waals surface area contributed by atoms with E-state index in [4.69, 9.17) is 5.11 Å². The van der Waals surface area contributed by atoms with Crippen molar-refractivity contribution in [2.45, 2.75) is 45.4 Å². The van der Waals surface area contributed by atoms with Gasteiger partial charge in [-0.15, -0.1) is 0 Å².